The first kappa shape index (κ1) is 13.4. The van der Waals surface area contributed by atoms with Crippen LogP contribution in [0.5, 0.6) is 0 Å². The second kappa shape index (κ2) is 5.31. The second-order valence-corrected chi connectivity index (χ2v) is 5.39. The summed E-state index contributed by atoms with van der Waals surface area (Å²) in [6.07, 6.45) is 0. The van der Waals surface area contributed by atoms with Crippen molar-refractivity contribution >= 4 is 17.2 Å². The smallest absolute Gasteiger partial charge is 0.272 e. The lowest BCUT2D eigenvalue weighted by Crippen LogP contribution is -2.28. The van der Waals surface area contributed by atoms with E-state index in [9.17, 15) is 9.59 Å². The molecular formula is C12H14N4O2S. The zero-order valence-corrected chi connectivity index (χ0v) is 11.7. The van der Waals surface area contributed by atoms with Gasteiger partial charge in [0.05, 0.1) is 17.2 Å². The van der Waals surface area contributed by atoms with E-state index < -0.39 is 0 Å². The van der Waals surface area contributed by atoms with Crippen LogP contribution in [0.1, 0.15) is 26.1 Å². The van der Waals surface area contributed by atoms with Gasteiger partial charge in [-0.25, -0.2) is 9.67 Å². The number of aromatic nitrogens is 3. The van der Waals surface area contributed by atoms with E-state index in [1.165, 1.54) is 19.2 Å². The number of carbonyl (C=O) groups excluding carboxylic acids is 1. The third-order valence-electron chi connectivity index (χ3n) is 2.60. The molecule has 2 rings (SSSR count). The van der Waals surface area contributed by atoms with Gasteiger partial charge in [0.1, 0.15) is 5.69 Å². The van der Waals surface area contributed by atoms with Gasteiger partial charge >= 0.3 is 0 Å². The summed E-state index contributed by atoms with van der Waals surface area (Å²) in [5.41, 5.74) is 0.905. The Bertz CT molecular complexity index is 675. The first-order valence-corrected chi connectivity index (χ1v) is 6.54. The first-order valence-electron chi connectivity index (χ1n) is 5.73. The maximum Gasteiger partial charge on any atom is 0.272 e. The molecule has 0 bridgehead atoms. The van der Waals surface area contributed by atoms with E-state index in [-0.39, 0.29) is 17.2 Å². The number of nitrogens with one attached hydrogen (secondary N) is 1. The van der Waals surface area contributed by atoms with Gasteiger partial charge in [0.2, 0.25) is 0 Å². The molecule has 0 saturated heterocycles. The van der Waals surface area contributed by atoms with Crippen molar-refractivity contribution < 1.29 is 4.79 Å². The quantitative estimate of drug-likeness (QED) is 0.900. The molecule has 2 aromatic rings. The molecule has 0 aromatic carbocycles. The summed E-state index contributed by atoms with van der Waals surface area (Å²) in [5.74, 6) is -0.305. The van der Waals surface area contributed by atoms with E-state index >= 15 is 0 Å². The number of aryl methyl sites for hydroxylation is 3. The van der Waals surface area contributed by atoms with Crippen molar-refractivity contribution in [2.45, 2.75) is 20.4 Å². The van der Waals surface area contributed by atoms with E-state index in [1.807, 2.05) is 13.8 Å². The molecule has 0 spiro atoms. The number of nitrogens with zero attached hydrogens (tertiary/aromatic N) is 3. The Morgan fingerprint density at radius 2 is 2.16 bits per heavy atom. The standard InChI is InChI=1S/C12H14N4O2S/c1-7-10(19-8(2)14-7)6-13-12(18)9-4-5-11(17)16(3)15-9/h4-5H,6H2,1-3H3,(H,13,18). The predicted octanol–water partition coefficient (Wildman–Crippen LogP) is 0.784. The SMILES string of the molecule is Cc1nc(C)c(CNC(=O)c2ccc(=O)n(C)n2)s1. The lowest BCUT2D eigenvalue weighted by atomic mass is 10.3. The number of hydrogen-bond donors (Lipinski definition) is 1. The van der Waals surface area contributed by atoms with Crippen LogP contribution in [0.3, 0.4) is 0 Å². The molecule has 0 aliphatic rings. The summed E-state index contributed by atoms with van der Waals surface area (Å²) in [7, 11) is 1.51. The van der Waals surface area contributed by atoms with Crippen LogP contribution in [0.4, 0.5) is 0 Å². The highest BCUT2D eigenvalue weighted by Crippen LogP contribution is 2.16. The van der Waals surface area contributed by atoms with Crippen molar-refractivity contribution in [1.29, 1.82) is 0 Å². The number of amides is 1. The minimum absolute atomic E-state index is 0.223. The van der Waals surface area contributed by atoms with Gasteiger partial charge in [0.25, 0.3) is 11.5 Å². The molecule has 19 heavy (non-hydrogen) atoms. The van der Waals surface area contributed by atoms with Gasteiger partial charge in [0, 0.05) is 18.0 Å². The van der Waals surface area contributed by atoms with E-state index in [0.717, 1.165) is 20.3 Å². The Balaban J connectivity index is 2.07. The molecule has 2 aromatic heterocycles. The molecule has 2 heterocycles. The van der Waals surface area contributed by atoms with Gasteiger partial charge in [0.15, 0.2) is 0 Å². The predicted molar refractivity (Wildman–Crippen MR) is 72.2 cm³/mol. The molecule has 7 heteroatoms. The van der Waals surface area contributed by atoms with Crippen LogP contribution in [-0.2, 0) is 13.6 Å². The van der Waals surface area contributed by atoms with E-state index in [2.05, 4.69) is 15.4 Å². The van der Waals surface area contributed by atoms with Gasteiger partial charge in [-0.15, -0.1) is 11.3 Å². The van der Waals surface area contributed by atoms with Gasteiger partial charge in [-0.3, -0.25) is 9.59 Å². The average molecular weight is 278 g/mol. The number of rotatable bonds is 3. The summed E-state index contributed by atoms with van der Waals surface area (Å²) in [5, 5.41) is 7.64. The topological polar surface area (TPSA) is 76.9 Å². The first-order chi connectivity index (χ1) is 8.97. The van der Waals surface area contributed by atoms with Crippen molar-refractivity contribution in [3.8, 4) is 0 Å². The van der Waals surface area contributed by atoms with Gasteiger partial charge < -0.3 is 5.32 Å². The summed E-state index contributed by atoms with van der Waals surface area (Å²) < 4.78 is 1.14. The van der Waals surface area contributed by atoms with Crippen molar-refractivity contribution in [2.24, 2.45) is 7.05 Å². The Hall–Kier alpha value is -2.02. The Morgan fingerprint density at radius 1 is 1.42 bits per heavy atom. The zero-order valence-electron chi connectivity index (χ0n) is 10.9. The second-order valence-electron chi connectivity index (χ2n) is 4.10. The molecule has 1 N–H and O–H groups in total. The fourth-order valence-electron chi connectivity index (χ4n) is 1.61. The van der Waals surface area contributed by atoms with Crippen LogP contribution < -0.4 is 10.9 Å². The lowest BCUT2D eigenvalue weighted by Gasteiger charge is -2.04. The Labute approximate surface area is 114 Å². The monoisotopic (exact) mass is 278 g/mol. The molecule has 0 saturated carbocycles. The molecule has 0 aliphatic heterocycles. The third-order valence-corrected chi connectivity index (χ3v) is 3.68. The fraction of sp³-hybridized carbons (Fsp3) is 0.333. The summed E-state index contributed by atoms with van der Waals surface area (Å²) in [6.45, 7) is 4.26. The van der Waals surface area contributed by atoms with E-state index in [1.54, 1.807) is 11.3 Å². The highest BCUT2D eigenvalue weighted by atomic mass is 32.1. The minimum Gasteiger partial charge on any atom is -0.346 e. The third kappa shape index (κ3) is 3.05. The molecule has 0 atom stereocenters. The lowest BCUT2D eigenvalue weighted by molar-refractivity contribution is 0.0944. The van der Waals surface area contributed by atoms with E-state index in [4.69, 9.17) is 0 Å². The van der Waals surface area contributed by atoms with Crippen LogP contribution in [0.25, 0.3) is 0 Å². The van der Waals surface area contributed by atoms with Crippen LogP contribution in [0, 0.1) is 13.8 Å². The molecular weight excluding hydrogens is 264 g/mol. The zero-order chi connectivity index (χ0) is 14.0. The molecule has 0 aliphatic carbocycles. The van der Waals surface area contributed by atoms with Crippen molar-refractivity contribution in [3.05, 3.63) is 43.8 Å². The van der Waals surface area contributed by atoms with Gasteiger partial charge in [-0.1, -0.05) is 0 Å². The maximum atomic E-state index is 11.9. The highest BCUT2D eigenvalue weighted by molar-refractivity contribution is 7.11. The van der Waals surface area contributed by atoms with Crippen LogP contribution in [-0.4, -0.2) is 20.7 Å². The van der Waals surface area contributed by atoms with Gasteiger partial charge in [-0.05, 0) is 19.9 Å². The summed E-state index contributed by atoms with van der Waals surface area (Å²) in [6, 6.07) is 2.74. The Kier molecular flexibility index (Phi) is 3.75. The van der Waals surface area contributed by atoms with Crippen LogP contribution in [0.15, 0.2) is 16.9 Å². The van der Waals surface area contributed by atoms with Crippen LogP contribution >= 0.6 is 11.3 Å². The number of carbonyl (C=O) groups is 1. The molecule has 0 unspecified atom stereocenters. The maximum absolute atomic E-state index is 11.9. The molecule has 1 amide bonds. The molecule has 0 radical (unpaired) electrons. The molecule has 100 valence electrons. The number of hydrogen-bond acceptors (Lipinski definition) is 5. The molecule has 6 nitrogen and oxygen atoms in total. The van der Waals surface area contributed by atoms with E-state index in [0.29, 0.717) is 6.54 Å². The van der Waals surface area contributed by atoms with Crippen molar-refractivity contribution in [2.75, 3.05) is 0 Å². The van der Waals surface area contributed by atoms with Gasteiger partial charge in [-0.2, -0.15) is 5.10 Å². The Morgan fingerprint density at radius 3 is 2.74 bits per heavy atom. The fourth-order valence-corrected chi connectivity index (χ4v) is 2.49. The normalized spacial score (nSPS) is 10.5. The van der Waals surface area contributed by atoms with Crippen LogP contribution in [0.2, 0.25) is 0 Å². The minimum atomic E-state index is -0.305. The van der Waals surface area contributed by atoms with Crippen molar-refractivity contribution in [3.63, 3.8) is 0 Å². The average Bonchev–Trinajstić information content (AvgIpc) is 2.68. The largest absolute Gasteiger partial charge is 0.346 e. The molecule has 0 fully saturated rings. The number of thiazole rings is 1. The highest BCUT2D eigenvalue weighted by Gasteiger charge is 2.10. The van der Waals surface area contributed by atoms with Crippen molar-refractivity contribution in [1.82, 2.24) is 20.1 Å². The summed E-state index contributed by atoms with van der Waals surface area (Å²) in [4.78, 5) is 28.4. The summed E-state index contributed by atoms with van der Waals surface area (Å²) >= 11 is 1.56.